The summed E-state index contributed by atoms with van der Waals surface area (Å²) in [6.45, 7) is 0.401. The minimum atomic E-state index is -0.275. The number of hydrogen-bond donors (Lipinski definition) is 1. The molecule has 0 bridgehead atoms. The first-order chi connectivity index (χ1) is 12.2. The Hall–Kier alpha value is -2.86. The Labute approximate surface area is 147 Å². The standard InChI is InChI=1S/C18H12ClFN4O/c19-11-3-6-15-13(7-11)16-14(8-25-15)17(10-1-4-12(20)5-2-10)24-18(23-16)21-9-22-24/h1-7,9,17H,8H2,(H,21,22,23)/t17-/m0/s1. The quantitative estimate of drug-likeness (QED) is 0.720. The van der Waals surface area contributed by atoms with Crippen molar-refractivity contribution < 1.29 is 9.13 Å². The van der Waals surface area contributed by atoms with Crippen LogP contribution >= 0.6 is 11.6 Å². The van der Waals surface area contributed by atoms with E-state index in [9.17, 15) is 4.39 Å². The van der Waals surface area contributed by atoms with Crippen molar-refractivity contribution in [3.8, 4) is 5.75 Å². The molecule has 0 amide bonds. The van der Waals surface area contributed by atoms with Crippen molar-refractivity contribution in [2.24, 2.45) is 0 Å². The van der Waals surface area contributed by atoms with Gasteiger partial charge in [-0.2, -0.15) is 10.1 Å². The number of rotatable bonds is 1. The van der Waals surface area contributed by atoms with Crippen LogP contribution < -0.4 is 10.1 Å². The average molecular weight is 355 g/mol. The number of fused-ring (bicyclic) bond motifs is 3. The lowest BCUT2D eigenvalue weighted by Crippen LogP contribution is -2.30. The first-order valence-corrected chi connectivity index (χ1v) is 8.16. The third-order valence-corrected chi connectivity index (χ3v) is 4.72. The second-order valence-corrected chi connectivity index (χ2v) is 6.37. The molecule has 7 heteroatoms. The van der Waals surface area contributed by atoms with Crippen molar-refractivity contribution in [1.82, 2.24) is 14.8 Å². The highest BCUT2D eigenvalue weighted by Gasteiger charge is 2.34. The molecule has 2 aromatic carbocycles. The Balaban J connectivity index is 1.73. The van der Waals surface area contributed by atoms with E-state index >= 15 is 0 Å². The fraction of sp³-hybridized carbons (Fsp3) is 0.111. The highest BCUT2D eigenvalue weighted by Crippen LogP contribution is 2.43. The van der Waals surface area contributed by atoms with Crippen LogP contribution in [0.15, 0.2) is 54.4 Å². The third-order valence-electron chi connectivity index (χ3n) is 4.49. The Morgan fingerprint density at radius 3 is 2.88 bits per heavy atom. The van der Waals surface area contributed by atoms with Crippen molar-refractivity contribution in [2.75, 3.05) is 11.9 Å². The van der Waals surface area contributed by atoms with Gasteiger partial charge in [-0.1, -0.05) is 23.7 Å². The van der Waals surface area contributed by atoms with Crippen LogP contribution in [0.4, 0.5) is 10.3 Å². The predicted molar refractivity (Wildman–Crippen MR) is 92.1 cm³/mol. The van der Waals surface area contributed by atoms with Crippen molar-refractivity contribution in [1.29, 1.82) is 0 Å². The molecule has 0 fully saturated rings. The summed E-state index contributed by atoms with van der Waals surface area (Å²) in [5.74, 6) is 1.12. The van der Waals surface area contributed by atoms with Crippen LogP contribution in [0.2, 0.25) is 5.02 Å². The molecule has 0 saturated carbocycles. The van der Waals surface area contributed by atoms with E-state index in [2.05, 4.69) is 15.4 Å². The second kappa shape index (κ2) is 5.32. The third kappa shape index (κ3) is 2.21. The van der Waals surface area contributed by atoms with Gasteiger partial charge in [0.1, 0.15) is 30.5 Å². The van der Waals surface area contributed by atoms with E-state index in [1.165, 1.54) is 18.5 Å². The largest absolute Gasteiger partial charge is 0.488 e. The number of benzene rings is 2. The summed E-state index contributed by atoms with van der Waals surface area (Å²) in [6.07, 6.45) is 1.50. The molecule has 0 unspecified atom stereocenters. The average Bonchev–Trinajstić information content (AvgIpc) is 3.09. The number of hydrogen-bond acceptors (Lipinski definition) is 4. The molecule has 25 heavy (non-hydrogen) atoms. The van der Waals surface area contributed by atoms with Gasteiger partial charge in [-0.3, -0.25) is 0 Å². The summed E-state index contributed by atoms with van der Waals surface area (Å²) in [5.41, 5.74) is 3.71. The zero-order valence-corrected chi connectivity index (χ0v) is 13.7. The topological polar surface area (TPSA) is 52.0 Å². The molecule has 2 aliphatic rings. The van der Waals surface area contributed by atoms with Crippen molar-refractivity contribution in [3.05, 3.63) is 76.3 Å². The van der Waals surface area contributed by atoms with E-state index in [0.29, 0.717) is 17.6 Å². The van der Waals surface area contributed by atoms with Crippen LogP contribution in [0.1, 0.15) is 17.2 Å². The van der Waals surface area contributed by atoms with Crippen LogP contribution in [0.25, 0.3) is 5.70 Å². The number of aromatic nitrogens is 3. The van der Waals surface area contributed by atoms with Crippen LogP contribution in [0, 0.1) is 5.82 Å². The lowest BCUT2D eigenvalue weighted by molar-refractivity contribution is 0.328. The molecule has 1 N–H and O–H groups in total. The molecule has 0 aliphatic carbocycles. The molecule has 0 saturated heterocycles. The molecular formula is C18H12ClFN4O. The first-order valence-electron chi connectivity index (χ1n) is 7.78. The summed E-state index contributed by atoms with van der Waals surface area (Å²) < 4.78 is 21.1. The Morgan fingerprint density at radius 2 is 2.04 bits per heavy atom. The molecule has 1 aromatic heterocycles. The highest BCUT2D eigenvalue weighted by molar-refractivity contribution is 6.30. The fourth-order valence-corrected chi connectivity index (χ4v) is 3.53. The summed E-state index contributed by atoms with van der Waals surface area (Å²) in [6, 6.07) is 11.7. The molecule has 3 aromatic rings. The Kier molecular flexibility index (Phi) is 3.08. The van der Waals surface area contributed by atoms with Gasteiger partial charge in [0, 0.05) is 16.2 Å². The van der Waals surface area contributed by atoms with Gasteiger partial charge in [0.15, 0.2) is 0 Å². The lowest BCUT2D eigenvalue weighted by atomic mass is 9.92. The summed E-state index contributed by atoms with van der Waals surface area (Å²) in [4.78, 5) is 4.30. The maximum Gasteiger partial charge on any atom is 0.226 e. The second-order valence-electron chi connectivity index (χ2n) is 5.94. The van der Waals surface area contributed by atoms with Gasteiger partial charge < -0.3 is 10.1 Å². The highest BCUT2D eigenvalue weighted by atomic mass is 35.5. The van der Waals surface area contributed by atoms with Gasteiger partial charge in [0.2, 0.25) is 5.95 Å². The van der Waals surface area contributed by atoms with Gasteiger partial charge in [-0.05, 0) is 35.9 Å². The van der Waals surface area contributed by atoms with E-state index in [0.717, 1.165) is 28.1 Å². The van der Waals surface area contributed by atoms with E-state index in [-0.39, 0.29) is 11.9 Å². The van der Waals surface area contributed by atoms with Gasteiger partial charge in [-0.15, -0.1) is 0 Å². The molecule has 0 radical (unpaired) electrons. The minimum Gasteiger partial charge on any atom is -0.488 e. The van der Waals surface area contributed by atoms with E-state index in [1.54, 1.807) is 22.9 Å². The van der Waals surface area contributed by atoms with Crippen LogP contribution in [0.3, 0.4) is 0 Å². The number of nitrogens with one attached hydrogen (secondary N) is 1. The van der Waals surface area contributed by atoms with Gasteiger partial charge in [-0.25, -0.2) is 9.07 Å². The van der Waals surface area contributed by atoms with Crippen LogP contribution in [0.5, 0.6) is 5.75 Å². The number of nitrogens with zero attached hydrogens (tertiary/aromatic N) is 3. The van der Waals surface area contributed by atoms with Crippen molar-refractivity contribution >= 4 is 23.2 Å². The maximum atomic E-state index is 13.4. The Bertz CT molecular complexity index is 1010. The molecule has 5 rings (SSSR count). The van der Waals surface area contributed by atoms with Crippen molar-refractivity contribution in [2.45, 2.75) is 6.04 Å². The molecular weight excluding hydrogens is 343 g/mol. The van der Waals surface area contributed by atoms with E-state index in [1.807, 2.05) is 12.1 Å². The fourth-order valence-electron chi connectivity index (χ4n) is 3.36. The smallest absolute Gasteiger partial charge is 0.226 e. The van der Waals surface area contributed by atoms with Gasteiger partial charge in [0.05, 0.1) is 5.70 Å². The summed E-state index contributed by atoms with van der Waals surface area (Å²) in [5, 5.41) is 8.29. The maximum absolute atomic E-state index is 13.4. The van der Waals surface area contributed by atoms with Gasteiger partial charge >= 0.3 is 0 Å². The van der Waals surface area contributed by atoms with Crippen LogP contribution in [-0.2, 0) is 0 Å². The molecule has 5 nitrogen and oxygen atoms in total. The first kappa shape index (κ1) is 14.5. The molecule has 1 atom stereocenters. The van der Waals surface area contributed by atoms with E-state index < -0.39 is 0 Å². The monoisotopic (exact) mass is 354 g/mol. The zero-order chi connectivity index (χ0) is 17.0. The Morgan fingerprint density at radius 1 is 1.20 bits per heavy atom. The molecule has 3 heterocycles. The number of ether oxygens (including phenoxy) is 1. The zero-order valence-electron chi connectivity index (χ0n) is 12.9. The van der Waals surface area contributed by atoms with Crippen LogP contribution in [-0.4, -0.2) is 21.4 Å². The number of halogens is 2. The van der Waals surface area contributed by atoms with Crippen molar-refractivity contribution in [3.63, 3.8) is 0 Å². The molecule has 0 spiro atoms. The number of anilines is 1. The summed E-state index contributed by atoms with van der Waals surface area (Å²) in [7, 11) is 0. The molecule has 124 valence electrons. The predicted octanol–water partition coefficient (Wildman–Crippen LogP) is 3.89. The van der Waals surface area contributed by atoms with E-state index in [4.69, 9.17) is 16.3 Å². The lowest BCUT2D eigenvalue weighted by Gasteiger charge is -2.34. The minimum absolute atomic E-state index is 0.221. The summed E-state index contributed by atoms with van der Waals surface area (Å²) >= 11 is 6.18. The van der Waals surface area contributed by atoms with Gasteiger partial charge in [0.25, 0.3) is 0 Å². The normalized spacial score (nSPS) is 17.9. The molecule has 2 aliphatic heterocycles. The SMILES string of the molecule is Fc1ccc([C@H]2C3=C(Nc4ncnn42)c2cc(Cl)ccc2OC3)cc1.